The summed E-state index contributed by atoms with van der Waals surface area (Å²) in [6, 6.07) is 13.5. The van der Waals surface area contributed by atoms with Crippen LogP contribution < -0.4 is 9.47 Å². The van der Waals surface area contributed by atoms with Crippen LogP contribution in [-0.4, -0.2) is 47.2 Å². The summed E-state index contributed by atoms with van der Waals surface area (Å²) in [6.45, 7) is 3.33. The summed E-state index contributed by atoms with van der Waals surface area (Å²) in [5.74, 6) is -0.0610. The van der Waals surface area contributed by atoms with Gasteiger partial charge in [0.1, 0.15) is 40.6 Å². The van der Waals surface area contributed by atoms with Crippen LogP contribution in [0.2, 0.25) is 0 Å². The third kappa shape index (κ3) is 5.51. The van der Waals surface area contributed by atoms with Gasteiger partial charge >= 0.3 is 0 Å². The van der Waals surface area contributed by atoms with E-state index in [1.807, 2.05) is 0 Å². The number of fused-ring (bicyclic) bond motifs is 2. The zero-order chi connectivity index (χ0) is 27.6. The van der Waals surface area contributed by atoms with E-state index in [4.69, 9.17) is 14.0 Å². The Labute approximate surface area is 230 Å². The van der Waals surface area contributed by atoms with Gasteiger partial charge in [0.05, 0.1) is 18.7 Å². The van der Waals surface area contributed by atoms with E-state index in [0.717, 1.165) is 56.4 Å². The van der Waals surface area contributed by atoms with Gasteiger partial charge in [0.25, 0.3) is 0 Å². The summed E-state index contributed by atoms with van der Waals surface area (Å²) < 4.78 is 44.0. The van der Waals surface area contributed by atoms with Crippen LogP contribution in [0.3, 0.4) is 0 Å². The van der Waals surface area contributed by atoms with Crippen LogP contribution >= 0.6 is 0 Å². The number of piperidine rings is 1. The van der Waals surface area contributed by atoms with E-state index >= 15 is 0 Å². The van der Waals surface area contributed by atoms with Crippen LogP contribution in [-0.2, 0) is 0 Å². The lowest BCUT2D eigenvalue weighted by molar-refractivity contribution is 0.0844. The van der Waals surface area contributed by atoms with Crippen LogP contribution in [0.5, 0.6) is 17.2 Å². The normalized spacial score (nSPS) is 18.1. The van der Waals surface area contributed by atoms with Gasteiger partial charge in [-0.1, -0.05) is 17.3 Å². The molecule has 0 aliphatic carbocycles. The number of benzene rings is 3. The fourth-order valence-corrected chi connectivity index (χ4v) is 5.64. The number of phenolic OH excluding ortho intramolecular Hbond substituents is 1. The van der Waals surface area contributed by atoms with Gasteiger partial charge in [-0.25, -0.2) is 8.78 Å². The lowest BCUT2D eigenvalue weighted by Gasteiger charge is -2.31. The average Bonchev–Trinajstić information content (AvgIpc) is 3.36. The molecule has 0 saturated carbocycles. The molecule has 1 atom stereocenters. The first-order valence-electron chi connectivity index (χ1n) is 13.7. The second-order valence-corrected chi connectivity index (χ2v) is 10.5. The Morgan fingerprint density at radius 3 is 2.58 bits per heavy atom. The number of nitrogens with zero attached hydrogens (tertiary/aromatic N) is 2. The molecule has 208 valence electrons. The highest BCUT2D eigenvalue weighted by Gasteiger charge is 2.31. The van der Waals surface area contributed by atoms with Gasteiger partial charge in [-0.05, 0) is 75.1 Å². The average molecular weight is 549 g/mol. The summed E-state index contributed by atoms with van der Waals surface area (Å²) in [5.41, 5.74) is 2.27. The van der Waals surface area contributed by atoms with Crippen molar-refractivity contribution in [2.24, 2.45) is 0 Å². The molecule has 3 aromatic carbocycles. The number of carbonyl (C=O) groups is 1. The molecule has 4 aromatic rings. The monoisotopic (exact) mass is 548 g/mol. The molecule has 1 unspecified atom stereocenters. The number of phenols is 1. The second kappa shape index (κ2) is 11.3. The fourth-order valence-electron chi connectivity index (χ4n) is 5.64. The Morgan fingerprint density at radius 2 is 1.77 bits per heavy atom. The first kappa shape index (κ1) is 26.3. The topological polar surface area (TPSA) is 85.0 Å². The Bertz CT molecular complexity index is 1510. The maximum Gasteiger partial charge on any atom is 0.174 e. The summed E-state index contributed by atoms with van der Waals surface area (Å²) in [7, 11) is 0. The van der Waals surface area contributed by atoms with Gasteiger partial charge in [-0.3, -0.25) is 4.79 Å². The number of ether oxygens (including phenoxy) is 2. The highest BCUT2D eigenvalue weighted by Crippen LogP contribution is 2.42. The summed E-state index contributed by atoms with van der Waals surface area (Å²) in [4.78, 5) is 15.1. The zero-order valence-electron chi connectivity index (χ0n) is 21.9. The SMILES string of the molecule is O=C1CC(c2ccc(F)cc2)Oc2cc(OCCCCN3CCC(c4noc5cc(F)ccc45)CC3)cc(O)c21. The number of ketones is 1. The van der Waals surface area contributed by atoms with Crippen LogP contribution in [0, 0.1) is 11.6 Å². The van der Waals surface area contributed by atoms with Crippen molar-refractivity contribution in [3.8, 4) is 17.2 Å². The number of rotatable bonds is 8. The third-order valence-electron chi connectivity index (χ3n) is 7.79. The van der Waals surface area contributed by atoms with E-state index in [-0.39, 0.29) is 40.9 Å². The Balaban J connectivity index is 0.973. The number of aromatic nitrogens is 1. The lowest BCUT2D eigenvalue weighted by Crippen LogP contribution is -2.34. The van der Waals surface area contributed by atoms with Gasteiger partial charge < -0.3 is 24.0 Å². The molecular weight excluding hydrogens is 518 g/mol. The molecule has 40 heavy (non-hydrogen) atoms. The van der Waals surface area contributed by atoms with Gasteiger partial charge in [-0.2, -0.15) is 0 Å². The van der Waals surface area contributed by atoms with E-state index in [0.29, 0.717) is 29.4 Å². The molecule has 2 aliphatic heterocycles. The minimum absolute atomic E-state index is 0.0683. The van der Waals surface area contributed by atoms with Gasteiger partial charge in [-0.15, -0.1) is 0 Å². The highest BCUT2D eigenvalue weighted by atomic mass is 19.1. The van der Waals surface area contributed by atoms with Crippen molar-refractivity contribution in [1.29, 1.82) is 0 Å². The molecule has 1 N–H and O–H groups in total. The maximum absolute atomic E-state index is 13.4. The largest absolute Gasteiger partial charge is 0.507 e. The summed E-state index contributed by atoms with van der Waals surface area (Å²) in [5, 5.41) is 15.6. The highest BCUT2D eigenvalue weighted by molar-refractivity contribution is 6.02. The zero-order valence-corrected chi connectivity index (χ0v) is 21.9. The number of likely N-dealkylation sites (tertiary alicyclic amines) is 1. The first-order chi connectivity index (χ1) is 19.4. The van der Waals surface area contributed by atoms with Crippen molar-refractivity contribution in [3.63, 3.8) is 0 Å². The van der Waals surface area contributed by atoms with Crippen molar-refractivity contribution < 1.29 is 32.7 Å². The predicted octanol–water partition coefficient (Wildman–Crippen LogP) is 6.56. The summed E-state index contributed by atoms with van der Waals surface area (Å²) in [6.07, 6.45) is 3.25. The van der Waals surface area contributed by atoms with Gasteiger partial charge in [0.2, 0.25) is 0 Å². The predicted molar refractivity (Wildman–Crippen MR) is 144 cm³/mol. The lowest BCUT2D eigenvalue weighted by atomic mass is 9.91. The Kier molecular flexibility index (Phi) is 7.38. The fraction of sp³-hybridized carbons (Fsp3) is 0.355. The molecule has 7 nitrogen and oxygen atoms in total. The quantitative estimate of drug-likeness (QED) is 0.250. The van der Waals surface area contributed by atoms with Gasteiger partial charge in [0.15, 0.2) is 11.4 Å². The molecular formula is C31H30F2N2O5. The number of Topliss-reactive ketones (excluding diaryl/α,β-unsaturated/α-hetero) is 1. The molecule has 0 bridgehead atoms. The van der Waals surface area contributed by atoms with Crippen molar-refractivity contribution in [3.05, 3.63) is 83.1 Å². The van der Waals surface area contributed by atoms with Crippen molar-refractivity contribution >= 4 is 16.8 Å². The van der Waals surface area contributed by atoms with Crippen LogP contribution in [0.15, 0.2) is 59.1 Å². The maximum atomic E-state index is 13.4. The van der Waals surface area contributed by atoms with Crippen LogP contribution in [0.1, 0.15) is 65.7 Å². The molecule has 0 spiro atoms. The van der Waals surface area contributed by atoms with Gasteiger partial charge in [0, 0.05) is 29.5 Å². The number of aromatic hydroxyl groups is 1. The third-order valence-corrected chi connectivity index (χ3v) is 7.79. The van der Waals surface area contributed by atoms with Crippen molar-refractivity contribution in [2.75, 3.05) is 26.2 Å². The number of unbranched alkanes of at least 4 members (excludes halogenated alkanes) is 1. The Morgan fingerprint density at radius 1 is 1.00 bits per heavy atom. The minimum atomic E-state index is -0.551. The van der Waals surface area contributed by atoms with E-state index in [2.05, 4.69) is 10.1 Å². The van der Waals surface area contributed by atoms with Crippen LogP contribution in [0.25, 0.3) is 11.0 Å². The van der Waals surface area contributed by atoms with E-state index in [1.54, 1.807) is 24.3 Å². The molecule has 0 radical (unpaired) electrons. The first-order valence-corrected chi connectivity index (χ1v) is 13.7. The smallest absolute Gasteiger partial charge is 0.174 e. The molecule has 2 aliphatic rings. The van der Waals surface area contributed by atoms with Crippen LogP contribution in [0.4, 0.5) is 8.78 Å². The standard InChI is InChI=1S/C31H30F2N2O5/c32-21-5-3-19(4-6-21)27-18-26(37)30-25(36)16-23(17-29(30)39-27)38-14-2-1-11-35-12-9-20(10-13-35)31-24-8-7-22(33)15-28(24)40-34-31/h3-8,15-17,20,27,36H,1-2,9-14,18H2. The molecule has 0 amide bonds. The number of halogens is 2. The molecule has 6 rings (SSSR count). The van der Waals surface area contributed by atoms with Crippen molar-refractivity contribution in [2.45, 2.75) is 44.1 Å². The minimum Gasteiger partial charge on any atom is -0.507 e. The second-order valence-electron chi connectivity index (χ2n) is 10.5. The van der Waals surface area contributed by atoms with E-state index < -0.39 is 6.10 Å². The molecule has 9 heteroatoms. The number of hydrogen-bond donors (Lipinski definition) is 1. The molecule has 1 saturated heterocycles. The molecule has 3 heterocycles. The van der Waals surface area contributed by atoms with Crippen molar-refractivity contribution in [1.82, 2.24) is 10.1 Å². The Hall–Kier alpha value is -3.98. The number of hydrogen-bond acceptors (Lipinski definition) is 7. The van der Waals surface area contributed by atoms with E-state index in [1.165, 1.54) is 30.3 Å². The van der Waals surface area contributed by atoms with E-state index in [9.17, 15) is 18.7 Å². The summed E-state index contributed by atoms with van der Waals surface area (Å²) >= 11 is 0. The molecule has 1 fully saturated rings. The number of carbonyl (C=O) groups excluding carboxylic acids is 1. The molecule has 1 aromatic heterocycles.